The molecule has 0 spiro atoms. The fourth-order valence-corrected chi connectivity index (χ4v) is 3.17. The summed E-state index contributed by atoms with van der Waals surface area (Å²) in [5, 5.41) is 0. The lowest BCUT2D eigenvalue weighted by molar-refractivity contribution is -0.140. The molecule has 0 N–H and O–H groups in total. The molecule has 6 nitrogen and oxygen atoms in total. The van der Waals surface area contributed by atoms with Crippen molar-refractivity contribution in [1.82, 2.24) is 14.8 Å². The molecule has 142 valence electrons. The Morgan fingerprint density at radius 2 is 1.70 bits per heavy atom. The van der Waals surface area contributed by atoms with Crippen molar-refractivity contribution in [3.05, 3.63) is 59.4 Å². The molecule has 3 rings (SSSR count). The minimum atomic E-state index is -0.0493. The van der Waals surface area contributed by atoms with E-state index in [4.69, 9.17) is 4.74 Å². The van der Waals surface area contributed by atoms with Gasteiger partial charge in [-0.25, -0.2) is 0 Å². The van der Waals surface area contributed by atoms with E-state index in [2.05, 4.69) is 4.98 Å². The molecule has 1 aliphatic rings. The first-order chi connectivity index (χ1) is 13.0. The monoisotopic (exact) mass is 367 g/mol. The van der Waals surface area contributed by atoms with Crippen molar-refractivity contribution >= 4 is 11.8 Å². The number of pyridine rings is 1. The number of aromatic nitrogens is 1. The summed E-state index contributed by atoms with van der Waals surface area (Å²) >= 11 is 0. The van der Waals surface area contributed by atoms with E-state index < -0.39 is 0 Å². The van der Waals surface area contributed by atoms with Crippen LogP contribution in [-0.2, 0) is 16.0 Å². The van der Waals surface area contributed by atoms with Gasteiger partial charge in [0.1, 0.15) is 5.75 Å². The van der Waals surface area contributed by atoms with Gasteiger partial charge in [0.15, 0.2) is 6.61 Å². The maximum Gasteiger partial charge on any atom is 0.260 e. The zero-order chi connectivity index (χ0) is 19.2. The lowest BCUT2D eigenvalue weighted by Gasteiger charge is -2.34. The van der Waals surface area contributed by atoms with Crippen LogP contribution >= 0.6 is 0 Å². The highest BCUT2D eigenvalue weighted by atomic mass is 16.5. The van der Waals surface area contributed by atoms with Crippen LogP contribution in [0.2, 0.25) is 0 Å². The summed E-state index contributed by atoms with van der Waals surface area (Å²) in [4.78, 5) is 32.5. The van der Waals surface area contributed by atoms with Gasteiger partial charge in [-0.1, -0.05) is 23.8 Å². The van der Waals surface area contributed by atoms with E-state index in [-0.39, 0.29) is 18.4 Å². The van der Waals surface area contributed by atoms with Gasteiger partial charge in [-0.2, -0.15) is 0 Å². The standard InChI is InChI=1S/C21H25N3O3/c1-16-6-7-19(17(2)13-16)27-15-21(26)24-11-9-23(10-12-24)20(25)14-18-5-3-4-8-22-18/h3-8,13H,9-12,14-15H2,1-2H3. The van der Waals surface area contributed by atoms with Crippen LogP contribution in [0.3, 0.4) is 0 Å². The summed E-state index contributed by atoms with van der Waals surface area (Å²) in [5.41, 5.74) is 2.95. The highest BCUT2D eigenvalue weighted by Crippen LogP contribution is 2.18. The van der Waals surface area contributed by atoms with Crippen LogP contribution < -0.4 is 4.74 Å². The van der Waals surface area contributed by atoms with Crippen LogP contribution in [0.4, 0.5) is 0 Å². The Morgan fingerprint density at radius 3 is 2.33 bits per heavy atom. The first-order valence-electron chi connectivity index (χ1n) is 9.18. The van der Waals surface area contributed by atoms with Crippen LogP contribution in [0.5, 0.6) is 5.75 Å². The quantitative estimate of drug-likeness (QED) is 0.811. The van der Waals surface area contributed by atoms with E-state index in [0.29, 0.717) is 32.6 Å². The predicted octanol–water partition coefficient (Wildman–Crippen LogP) is 1.99. The van der Waals surface area contributed by atoms with E-state index in [1.54, 1.807) is 16.0 Å². The number of hydrogen-bond donors (Lipinski definition) is 0. The molecule has 1 saturated heterocycles. The third-order valence-electron chi connectivity index (χ3n) is 4.73. The van der Waals surface area contributed by atoms with E-state index in [1.165, 1.54) is 0 Å². The molecule has 0 aliphatic carbocycles. The minimum Gasteiger partial charge on any atom is -0.484 e. The number of ether oxygens (including phenoxy) is 1. The molecule has 1 aromatic carbocycles. The Balaban J connectivity index is 1.45. The van der Waals surface area contributed by atoms with Gasteiger partial charge in [0.2, 0.25) is 5.91 Å². The third kappa shape index (κ3) is 5.06. The number of piperazine rings is 1. The van der Waals surface area contributed by atoms with Crippen molar-refractivity contribution in [1.29, 1.82) is 0 Å². The number of nitrogens with zero attached hydrogens (tertiary/aromatic N) is 3. The maximum atomic E-state index is 12.4. The van der Waals surface area contributed by atoms with Crippen LogP contribution in [0.1, 0.15) is 16.8 Å². The molecule has 6 heteroatoms. The summed E-state index contributed by atoms with van der Waals surface area (Å²) < 4.78 is 5.68. The average Bonchev–Trinajstić information content (AvgIpc) is 2.68. The Hall–Kier alpha value is -2.89. The number of carbonyl (C=O) groups excluding carboxylic acids is 2. The molecule has 1 fully saturated rings. The molecule has 0 atom stereocenters. The highest BCUT2D eigenvalue weighted by Gasteiger charge is 2.24. The minimum absolute atomic E-state index is 0.0196. The van der Waals surface area contributed by atoms with Gasteiger partial charge in [0.05, 0.1) is 6.42 Å². The molecular formula is C21H25N3O3. The topological polar surface area (TPSA) is 62.7 Å². The number of carbonyl (C=O) groups is 2. The van der Waals surface area contributed by atoms with Crippen molar-refractivity contribution in [2.24, 2.45) is 0 Å². The van der Waals surface area contributed by atoms with E-state index in [9.17, 15) is 9.59 Å². The first-order valence-corrected chi connectivity index (χ1v) is 9.18. The Labute approximate surface area is 159 Å². The fraction of sp³-hybridized carbons (Fsp3) is 0.381. The van der Waals surface area contributed by atoms with Crippen LogP contribution in [0.25, 0.3) is 0 Å². The van der Waals surface area contributed by atoms with Crippen molar-refractivity contribution < 1.29 is 14.3 Å². The Kier molecular flexibility index (Phi) is 6.06. The fourth-order valence-electron chi connectivity index (χ4n) is 3.17. The largest absolute Gasteiger partial charge is 0.484 e. The Bertz CT molecular complexity index is 800. The molecule has 2 amide bonds. The summed E-state index contributed by atoms with van der Waals surface area (Å²) in [6.07, 6.45) is 1.99. The number of rotatable bonds is 5. The number of amides is 2. The molecule has 2 aromatic rings. The van der Waals surface area contributed by atoms with Crippen molar-refractivity contribution in [3.63, 3.8) is 0 Å². The lowest BCUT2D eigenvalue weighted by atomic mass is 10.1. The molecular weight excluding hydrogens is 342 g/mol. The zero-order valence-corrected chi connectivity index (χ0v) is 15.9. The van der Waals surface area contributed by atoms with Gasteiger partial charge < -0.3 is 14.5 Å². The van der Waals surface area contributed by atoms with E-state index >= 15 is 0 Å². The molecule has 1 aliphatic heterocycles. The first kappa shape index (κ1) is 18.9. The number of hydrogen-bond acceptors (Lipinski definition) is 4. The second-order valence-electron chi connectivity index (χ2n) is 6.82. The molecule has 27 heavy (non-hydrogen) atoms. The average molecular weight is 367 g/mol. The maximum absolute atomic E-state index is 12.4. The summed E-state index contributed by atoms with van der Waals surface area (Å²) in [6.45, 7) is 6.16. The van der Waals surface area contributed by atoms with Gasteiger partial charge in [-0.05, 0) is 37.6 Å². The third-order valence-corrected chi connectivity index (χ3v) is 4.73. The van der Waals surface area contributed by atoms with E-state index in [0.717, 1.165) is 22.6 Å². The van der Waals surface area contributed by atoms with Gasteiger partial charge in [0.25, 0.3) is 5.91 Å². The van der Waals surface area contributed by atoms with Crippen LogP contribution in [-0.4, -0.2) is 59.4 Å². The van der Waals surface area contributed by atoms with Gasteiger partial charge in [0, 0.05) is 38.1 Å². The molecule has 2 heterocycles. The molecule has 0 bridgehead atoms. The van der Waals surface area contributed by atoms with Crippen LogP contribution in [0.15, 0.2) is 42.6 Å². The van der Waals surface area contributed by atoms with Crippen LogP contribution in [0, 0.1) is 13.8 Å². The van der Waals surface area contributed by atoms with Gasteiger partial charge in [-0.3, -0.25) is 14.6 Å². The van der Waals surface area contributed by atoms with Crippen molar-refractivity contribution in [3.8, 4) is 5.75 Å². The molecule has 1 aromatic heterocycles. The number of aryl methyl sites for hydroxylation is 2. The smallest absolute Gasteiger partial charge is 0.260 e. The summed E-state index contributed by atoms with van der Waals surface area (Å²) in [7, 11) is 0. The van der Waals surface area contributed by atoms with Gasteiger partial charge >= 0.3 is 0 Å². The SMILES string of the molecule is Cc1ccc(OCC(=O)N2CCN(C(=O)Cc3ccccn3)CC2)c(C)c1. The normalized spacial score (nSPS) is 14.1. The highest BCUT2D eigenvalue weighted by molar-refractivity contribution is 5.80. The summed E-state index contributed by atoms with van der Waals surface area (Å²) in [6, 6.07) is 11.5. The number of benzene rings is 1. The van der Waals surface area contributed by atoms with E-state index in [1.807, 2.05) is 50.2 Å². The second kappa shape index (κ2) is 8.66. The Morgan fingerprint density at radius 1 is 1.00 bits per heavy atom. The van der Waals surface area contributed by atoms with Crippen molar-refractivity contribution in [2.45, 2.75) is 20.3 Å². The van der Waals surface area contributed by atoms with Crippen molar-refractivity contribution in [2.75, 3.05) is 32.8 Å². The van der Waals surface area contributed by atoms with Gasteiger partial charge in [-0.15, -0.1) is 0 Å². The molecule has 0 saturated carbocycles. The lowest BCUT2D eigenvalue weighted by Crippen LogP contribution is -2.52. The predicted molar refractivity (Wildman–Crippen MR) is 103 cm³/mol. The molecule has 0 unspecified atom stereocenters. The summed E-state index contributed by atoms with van der Waals surface area (Å²) in [5.74, 6) is 0.734. The second-order valence-corrected chi connectivity index (χ2v) is 6.82. The molecule has 0 radical (unpaired) electrons. The zero-order valence-electron chi connectivity index (χ0n) is 15.9.